The lowest BCUT2D eigenvalue weighted by atomic mass is 10.0. The van der Waals surface area contributed by atoms with Crippen molar-refractivity contribution in [3.8, 4) is 5.75 Å². The van der Waals surface area contributed by atoms with Crippen molar-refractivity contribution in [3.05, 3.63) is 29.8 Å². The molecule has 112 valence electrons. The van der Waals surface area contributed by atoms with Crippen molar-refractivity contribution in [2.45, 2.75) is 38.3 Å². The Morgan fingerprint density at radius 1 is 1.33 bits per heavy atom. The largest absolute Gasteiger partial charge is 0.488 e. The number of hydrogen-bond donors (Lipinski definition) is 1. The fraction of sp³-hybridized carbons (Fsp3) is 0.500. The van der Waals surface area contributed by atoms with Gasteiger partial charge in [-0.25, -0.2) is 0 Å². The molecule has 2 aliphatic rings. The van der Waals surface area contributed by atoms with Gasteiger partial charge in [0, 0.05) is 19.4 Å². The molecule has 21 heavy (non-hydrogen) atoms. The lowest BCUT2D eigenvalue weighted by Gasteiger charge is -2.30. The molecule has 1 aromatic carbocycles. The van der Waals surface area contributed by atoms with E-state index in [9.17, 15) is 9.59 Å². The SMILES string of the molecule is CC1(C)NC(=O)CCN(CC2Cc3ccccc3O2)C1=O. The highest BCUT2D eigenvalue weighted by Crippen LogP contribution is 2.29. The van der Waals surface area contributed by atoms with Crippen molar-refractivity contribution in [1.29, 1.82) is 0 Å². The van der Waals surface area contributed by atoms with Gasteiger partial charge in [-0.3, -0.25) is 9.59 Å². The summed E-state index contributed by atoms with van der Waals surface area (Å²) >= 11 is 0. The van der Waals surface area contributed by atoms with Crippen LogP contribution < -0.4 is 10.1 Å². The quantitative estimate of drug-likeness (QED) is 0.887. The summed E-state index contributed by atoms with van der Waals surface area (Å²) < 4.78 is 5.89. The van der Waals surface area contributed by atoms with Gasteiger partial charge in [0.25, 0.3) is 0 Å². The molecule has 0 radical (unpaired) electrons. The summed E-state index contributed by atoms with van der Waals surface area (Å²) in [6, 6.07) is 7.94. The summed E-state index contributed by atoms with van der Waals surface area (Å²) in [5, 5.41) is 2.77. The van der Waals surface area contributed by atoms with Crippen LogP contribution in [0.2, 0.25) is 0 Å². The third-order valence-electron chi connectivity index (χ3n) is 4.02. The number of benzene rings is 1. The first-order valence-electron chi connectivity index (χ1n) is 7.31. The topological polar surface area (TPSA) is 58.6 Å². The molecule has 0 aromatic heterocycles. The Bertz CT molecular complexity index is 558. The van der Waals surface area contributed by atoms with Crippen LogP contribution in [0.25, 0.3) is 0 Å². The minimum absolute atomic E-state index is 0.0321. The summed E-state index contributed by atoms with van der Waals surface area (Å²) in [5.74, 6) is 0.776. The number of ether oxygens (including phenoxy) is 1. The minimum Gasteiger partial charge on any atom is -0.488 e. The number of nitrogens with zero attached hydrogens (tertiary/aromatic N) is 1. The van der Waals surface area contributed by atoms with Crippen molar-refractivity contribution in [3.63, 3.8) is 0 Å². The van der Waals surface area contributed by atoms with E-state index in [4.69, 9.17) is 4.74 Å². The average molecular weight is 288 g/mol. The maximum absolute atomic E-state index is 12.5. The minimum atomic E-state index is -0.848. The predicted octanol–water partition coefficient (Wildman–Crippen LogP) is 1.12. The molecule has 1 aromatic rings. The fourth-order valence-electron chi connectivity index (χ4n) is 2.97. The monoisotopic (exact) mass is 288 g/mol. The van der Waals surface area contributed by atoms with Crippen molar-refractivity contribution >= 4 is 11.8 Å². The van der Waals surface area contributed by atoms with Crippen LogP contribution in [-0.4, -0.2) is 41.4 Å². The molecule has 0 saturated carbocycles. The molecular formula is C16H20N2O3. The van der Waals surface area contributed by atoms with E-state index in [1.807, 2.05) is 18.2 Å². The average Bonchev–Trinajstić information content (AvgIpc) is 2.80. The Labute approximate surface area is 124 Å². The Morgan fingerprint density at radius 2 is 2.10 bits per heavy atom. The summed E-state index contributed by atoms with van der Waals surface area (Å²) in [4.78, 5) is 26.0. The van der Waals surface area contributed by atoms with E-state index >= 15 is 0 Å². The molecule has 1 atom stereocenters. The van der Waals surface area contributed by atoms with Crippen LogP contribution in [0.4, 0.5) is 0 Å². The third kappa shape index (κ3) is 2.73. The number of para-hydroxylation sites is 1. The molecule has 2 amide bonds. The number of carbonyl (C=O) groups is 2. The van der Waals surface area contributed by atoms with Gasteiger partial charge in [0.05, 0.1) is 6.54 Å². The number of fused-ring (bicyclic) bond motifs is 1. The van der Waals surface area contributed by atoms with Gasteiger partial charge in [0.15, 0.2) is 0 Å². The summed E-state index contributed by atoms with van der Waals surface area (Å²) in [7, 11) is 0. The molecule has 0 spiro atoms. The van der Waals surface area contributed by atoms with Crippen molar-refractivity contribution < 1.29 is 14.3 Å². The van der Waals surface area contributed by atoms with Gasteiger partial charge in [-0.2, -0.15) is 0 Å². The first-order chi connectivity index (χ1) is 9.95. The van der Waals surface area contributed by atoms with Crippen molar-refractivity contribution in [2.75, 3.05) is 13.1 Å². The Hall–Kier alpha value is -2.04. The lowest BCUT2D eigenvalue weighted by Crippen LogP contribution is -2.54. The second kappa shape index (κ2) is 5.06. The second-order valence-corrected chi connectivity index (χ2v) is 6.23. The van der Waals surface area contributed by atoms with Crippen molar-refractivity contribution in [1.82, 2.24) is 10.2 Å². The molecule has 1 unspecified atom stereocenters. The Morgan fingerprint density at radius 3 is 2.86 bits per heavy atom. The molecule has 5 heteroatoms. The van der Waals surface area contributed by atoms with Gasteiger partial charge in [0.1, 0.15) is 17.4 Å². The Balaban J connectivity index is 1.71. The predicted molar refractivity (Wildman–Crippen MR) is 78.0 cm³/mol. The molecule has 3 rings (SSSR count). The number of amides is 2. The van der Waals surface area contributed by atoms with E-state index in [1.54, 1.807) is 18.7 Å². The zero-order chi connectivity index (χ0) is 15.0. The maximum Gasteiger partial charge on any atom is 0.247 e. The van der Waals surface area contributed by atoms with Crippen LogP contribution in [0.5, 0.6) is 5.75 Å². The van der Waals surface area contributed by atoms with Gasteiger partial charge in [0.2, 0.25) is 11.8 Å². The highest BCUT2D eigenvalue weighted by Gasteiger charge is 2.38. The third-order valence-corrected chi connectivity index (χ3v) is 4.02. The van der Waals surface area contributed by atoms with E-state index in [-0.39, 0.29) is 17.9 Å². The van der Waals surface area contributed by atoms with E-state index in [2.05, 4.69) is 11.4 Å². The zero-order valence-electron chi connectivity index (χ0n) is 12.4. The van der Waals surface area contributed by atoms with E-state index in [0.717, 1.165) is 12.2 Å². The van der Waals surface area contributed by atoms with Gasteiger partial charge < -0.3 is 15.0 Å². The highest BCUT2D eigenvalue weighted by atomic mass is 16.5. The maximum atomic E-state index is 12.5. The zero-order valence-corrected chi connectivity index (χ0v) is 12.4. The molecule has 1 N–H and O–H groups in total. The van der Waals surface area contributed by atoms with E-state index < -0.39 is 5.54 Å². The number of nitrogens with one attached hydrogen (secondary N) is 1. The first kappa shape index (κ1) is 13.9. The van der Waals surface area contributed by atoms with Crippen LogP contribution in [-0.2, 0) is 16.0 Å². The highest BCUT2D eigenvalue weighted by molar-refractivity contribution is 5.92. The van der Waals surface area contributed by atoms with Crippen molar-refractivity contribution in [2.24, 2.45) is 0 Å². The van der Waals surface area contributed by atoms with Crippen LogP contribution in [0, 0.1) is 0 Å². The van der Waals surface area contributed by atoms with Gasteiger partial charge >= 0.3 is 0 Å². The second-order valence-electron chi connectivity index (χ2n) is 6.23. The van der Waals surface area contributed by atoms with Crippen LogP contribution in [0.3, 0.4) is 0 Å². The van der Waals surface area contributed by atoms with E-state index in [1.165, 1.54) is 5.56 Å². The molecule has 1 saturated heterocycles. The summed E-state index contributed by atoms with van der Waals surface area (Å²) in [6.45, 7) is 4.46. The molecule has 0 aliphatic carbocycles. The fourth-order valence-corrected chi connectivity index (χ4v) is 2.97. The standard InChI is InChI=1S/C16H20N2O3/c1-16(2)15(20)18(8-7-14(19)17-16)10-12-9-11-5-3-4-6-13(11)21-12/h3-6,12H,7-10H2,1-2H3,(H,17,19). The van der Waals surface area contributed by atoms with Crippen LogP contribution in [0.1, 0.15) is 25.8 Å². The number of carbonyl (C=O) groups excluding carboxylic acids is 2. The molecular weight excluding hydrogens is 268 g/mol. The van der Waals surface area contributed by atoms with Gasteiger partial charge in [-0.1, -0.05) is 18.2 Å². The number of hydrogen-bond acceptors (Lipinski definition) is 3. The normalized spacial score (nSPS) is 24.1. The smallest absolute Gasteiger partial charge is 0.247 e. The van der Waals surface area contributed by atoms with Crippen LogP contribution in [0.15, 0.2) is 24.3 Å². The van der Waals surface area contributed by atoms with Gasteiger partial charge in [-0.05, 0) is 25.5 Å². The van der Waals surface area contributed by atoms with E-state index in [0.29, 0.717) is 19.5 Å². The first-order valence-corrected chi connectivity index (χ1v) is 7.31. The summed E-state index contributed by atoms with van der Waals surface area (Å²) in [6.07, 6.45) is 1.12. The lowest BCUT2D eigenvalue weighted by molar-refractivity contribution is -0.138. The molecule has 0 bridgehead atoms. The Kier molecular flexibility index (Phi) is 3.35. The molecule has 2 heterocycles. The molecule has 1 fully saturated rings. The van der Waals surface area contributed by atoms with Crippen LogP contribution >= 0.6 is 0 Å². The van der Waals surface area contributed by atoms with Gasteiger partial charge in [-0.15, -0.1) is 0 Å². The molecule has 2 aliphatic heterocycles. The molecule has 5 nitrogen and oxygen atoms in total. The summed E-state index contributed by atoms with van der Waals surface area (Å²) in [5.41, 5.74) is 0.331. The number of rotatable bonds is 2.